The summed E-state index contributed by atoms with van der Waals surface area (Å²) in [4.78, 5) is 0. The second kappa shape index (κ2) is 5.11. The number of rotatable bonds is 4. The van der Waals surface area contributed by atoms with Crippen molar-refractivity contribution in [3.63, 3.8) is 0 Å². The van der Waals surface area contributed by atoms with Gasteiger partial charge in [0, 0.05) is 5.39 Å². The molecule has 2 aromatic rings. The van der Waals surface area contributed by atoms with E-state index >= 15 is 0 Å². The molecular weight excluding hydrogens is 374 g/mol. The molecule has 0 bridgehead atoms. The first-order chi connectivity index (χ1) is 9.15. The minimum atomic E-state index is 0.303. The number of hydrogen-bond donors (Lipinski definition) is 1. The fourth-order valence-corrected chi connectivity index (χ4v) is 3.54. The number of fused-ring (bicyclic) bond motifs is 1. The van der Waals surface area contributed by atoms with E-state index in [1.807, 2.05) is 13.1 Å². The topological polar surface area (TPSA) is 34.4 Å². The molecule has 1 fully saturated rings. The van der Waals surface area contributed by atoms with Crippen LogP contribution in [0.1, 0.15) is 24.6 Å². The molecule has 3 nitrogen and oxygen atoms in total. The van der Waals surface area contributed by atoms with Gasteiger partial charge in [-0.3, -0.25) is 0 Å². The monoisotopic (exact) mass is 387 g/mol. The Morgan fingerprint density at radius 2 is 2.11 bits per heavy atom. The van der Waals surface area contributed by atoms with Crippen molar-refractivity contribution in [2.75, 3.05) is 14.2 Å². The molecule has 1 saturated carbocycles. The molecule has 1 aliphatic rings. The van der Waals surface area contributed by atoms with Gasteiger partial charge in [-0.2, -0.15) is 0 Å². The van der Waals surface area contributed by atoms with E-state index in [9.17, 15) is 0 Å². The van der Waals surface area contributed by atoms with Crippen molar-refractivity contribution < 1.29 is 9.15 Å². The zero-order chi connectivity index (χ0) is 13.6. The SMILES string of the molecule is CNC(c1cc2c(Br)c(OC)cc(Br)c2o1)C1CC1. The summed E-state index contributed by atoms with van der Waals surface area (Å²) in [7, 11) is 3.65. The van der Waals surface area contributed by atoms with Gasteiger partial charge in [-0.1, -0.05) is 0 Å². The molecule has 1 N–H and O–H groups in total. The molecule has 1 heterocycles. The number of benzene rings is 1. The van der Waals surface area contributed by atoms with E-state index in [0.29, 0.717) is 12.0 Å². The smallest absolute Gasteiger partial charge is 0.149 e. The molecule has 0 radical (unpaired) electrons. The molecule has 0 spiro atoms. The molecule has 5 heteroatoms. The summed E-state index contributed by atoms with van der Waals surface area (Å²) < 4.78 is 13.2. The third-order valence-electron chi connectivity index (χ3n) is 3.61. The van der Waals surface area contributed by atoms with Crippen LogP contribution in [0.15, 0.2) is 25.5 Å². The highest BCUT2D eigenvalue weighted by molar-refractivity contribution is 9.11. The predicted octanol–water partition coefficient (Wildman–Crippen LogP) is 4.64. The van der Waals surface area contributed by atoms with Crippen LogP contribution in [-0.4, -0.2) is 14.2 Å². The summed E-state index contributed by atoms with van der Waals surface area (Å²) >= 11 is 7.13. The van der Waals surface area contributed by atoms with Crippen LogP contribution in [0, 0.1) is 5.92 Å². The largest absolute Gasteiger partial charge is 0.496 e. The summed E-state index contributed by atoms with van der Waals surface area (Å²) in [6.07, 6.45) is 2.54. The minimum absolute atomic E-state index is 0.303. The second-order valence-electron chi connectivity index (χ2n) is 4.87. The highest BCUT2D eigenvalue weighted by Gasteiger charge is 2.33. The van der Waals surface area contributed by atoms with E-state index < -0.39 is 0 Å². The Hall–Kier alpha value is -0.520. The summed E-state index contributed by atoms with van der Waals surface area (Å²) in [6.45, 7) is 0. The molecule has 19 heavy (non-hydrogen) atoms. The summed E-state index contributed by atoms with van der Waals surface area (Å²) in [6, 6.07) is 4.33. The lowest BCUT2D eigenvalue weighted by atomic mass is 10.1. The molecule has 1 aromatic heterocycles. The third-order valence-corrected chi connectivity index (χ3v) is 5.02. The Balaban J connectivity index is 2.14. The van der Waals surface area contributed by atoms with Crippen molar-refractivity contribution in [3.8, 4) is 5.75 Å². The Morgan fingerprint density at radius 1 is 1.37 bits per heavy atom. The highest BCUT2D eigenvalue weighted by Crippen LogP contribution is 2.45. The number of furan rings is 1. The van der Waals surface area contributed by atoms with Crippen molar-refractivity contribution in [2.24, 2.45) is 5.92 Å². The van der Waals surface area contributed by atoms with Crippen molar-refractivity contribution in [1.29, 1.82) is 0 Å². The van der Waals surface area contributed by atoms with E-state index in [-0.39, 0.29) is 0 Å². The number of methoxy groups -OCH3 is 1. The maximum absolute atomic E-state index is 6.04. The Kier molecular flexibility index (Phi) is 3.62. The normalized spacial score (nSPS) is 16.8. The van der Waals surface area contributed by atoms with E-state index in [2.05, 4.69) is 43.2 Å². The van der Waals surface area contributed by atoms with E-state index in [1.165, 1.54) is 12.8 Å². The van der Waals surface area contributed by atoms with Gasteiger partial charge in [0.05, 0.1) is 22.1 Å². The van der Waals surface area contributed by atoms with Crippen LogP contribution in [0.2, 0.25) is 0 Å². The molecule has 1 atom stereocenters. The number of halogens is 2. The van der Waals surface area contributed by atoms with Gasteiger partial charge in [0.2, 0.25) is 0 Å². The van der Waals surface area contributed by atoms with E-state index in [0.717, 1.165) is 31.4 Å². The summed E-state index contributed by atoms with van der Waals surface area (Å²) in [5, 5.41) is 4.40. The van der Waals surface area contributed by atoms with Crippen LogP contribution in [0.5, 0.6) is 5.75 Å². The second-order valence-corrected chi connectivity index (χ2v) is 6.52. The van der Waals surface area contributed by atoms with Crippen molar-refractivity contribution >= 4 is 42.8 Å². The van der Waals surface area contributed by atoms with Crippen LogP contribution in [-0.2, 0) is 0 Å². The van der Waals surface area contributed by atoms with Crippen molar-refractivity contribution in [1.82, 2.24) is 5.32 Å². The molecule has 1 unspecified atom stereocenters. The van der Waals surface area contributed by atoms with E-state index in [4.69, 9.17) is 9.15 Å². The maximum atomic E-state index is 6.04. The Bertz CT molecular complexity index is 619. The van der Waals surface area contributed by atoms with Crippen LogP contribution < -0.4 is 10.1 Å². The van der Waals surface area contributed by atoms with Gasteiger partial charge >= 0.3 is 0 Å². The lowest BCUT2D eigenvalue weighted by molar-refractivity contribution is 0.411. The fourth-order valence-electron chi connectivity index (χ4n) is 2.47. The average molecular weight is 389 g/mol. The summed E-state index contributed by atoms with van der Waals surface area (Å²) in [5.41, 5.74) is 0.864. The first kappa shape index (κ1) is 13.5. The molecule has 0 amide bonds. The van der Waals surface area contributed by atoms with Crippen LogP contribution in [0.25, 0.3) is 11.0 Å². The third kappa shape index (κ3) is 2.32. The van der Waals surface area contributed by atoms with Gasteiger partial charge in [-0.25, -0.2) is 0 Å². The summed E-state index contributed by atoms with van der Waals surface area (Å²) in [5.74, 6) is 2.50. The van der Waals surface area contributed by atoms with Crippen molar-refractivity contribution in [2.45, 2.75) is 18.9 Å². The fraction of sp³-hybridized carbons (Fsp3) is 0.429. The van der Waals surface area contributed by atoms with Crippen molar-refractivity contribution in [3.05, 3.63) is 26.8 Å². The first-order valence-electron chi connectivity index (χ1n) is 6.28. The lowest BCUT2D eigenvalue weighted by Gasteiger charge is -2.11. The first-order valence-corrected chi connectivity index (χ1v) is 7.87. The lowest BCUT2D eigenvalue weighted by Crippen LogP contribution is -2.17. The van der Waals surface area contributed by atoms with Crippen LogP contribution in [0.4, 0.5) is 0 Å². The quantitative estimate of drug-likeness (QED) is 0.828. The predicted molar refractivity (Wildman–Crippen MR) is 82.7 cm³/mol. The van der Waals surface area contributed by atoms with Gasteiger partial charge in [-0.05, 0) is 69.8 Å². The molecule has 0 saturated heterocycles. The van der Waals surface area contributed by atoms with Gasteiger partial charge in [-0.15, -0.1) is 0 Å². The zero-order valence-electron chi connectivity index (χ0n) is 10.8. The molecule has 0 aliphatic heterocycles. The number of nitrogens with one attached hydrogen (secondary N) is 1. The minimum Gasteiger partial charge on any atom is -0.496 e. The molecular formula is C14H15Br2NO2. The molecule has 1 aliphatic carbocycles. The number of hydrogen-bond acceptors (Lipinski definition) is 3. The van der Waals surface area contributed by atoms with Gasteiger partial charge in [0.1, 0.15) is 17.1 Å². The van der Waals surface area contributed by atoms with Gasteiger partial charge in [0.25, 0.3) is 0 Å². The average Bonchev–Trinajstić information content (AvgIpc) is 3.12. The van der Waals surface area contributed by atoms with Gasteiger partial charge in [0.15, 0.2) is 0 Å². The Labute approximate surface area is 128 Å². The van der Waals surface area contributed by atoms with E-state index in [1.54, 1.807) is 7.11 Å². The molecule has 1 aromatic carbocycles. The van der Waals surface area contributed by atoms with Crippen LogP contribution >= 0.6 is 31.9 Å². The number of ether oxygens (including phenoxy) is 1. The zero-order valence-corrected chi connectivity index (χ0v) is 14.0. The molecule has 3 rings (SSSR count). The van der Waals surface area contributed by atoms with Gasteiger partial charge < -0.3 is 14.5 Å². The highest BCUT2D eigenvalue weighted by atomic mass is 79.9. The standard InChI is InChI=1S/C14H15Br2NO2/c1-17-13(7-3-4-7)11-5-8-12(16)10(18-2)6-9(15)14(8)19-11/h5-7,13,17H,3-4H2,1-2H3. The maximum Gasteiger partial charge on any atom is 0.149 e. The van der Waals surface area contributed by atoms with Crippen LogP contribution in [0.3, 0.4) is 0 Å². The molecule has 102 valence electrons. The Morgan fingerprint density at radius 3 is 2.68 bits per heavy atom.